The van der Waals surface area contributed by atoms with E-state index in [4.69, 9.17) is 15.7 Å². The molecule has 23 heavy (non-hydrogen) atoms. The topological polar surface area (TPSA) is 88.1 Å². The molecule has 1 fully saturated rings. The van der Waals surface area contributed by atoms with Gasteiger partial charge in [0.25, 0.3) is 0 Å². The van der Waals surface area contributed by atoms with Gasteiger partial charge < -0.3 is 10.5 Å². The van der Waals surface area contributed by atoms with Gasteiger partial charge in [-0.3, -0.25) is 10.1 Å². The predicted molar refractivity (Wildman–Crippen MR) is 85.8 cm³/mol. The lowest BCUT2D eigenvalue weighted by Crippen LogP contribution is -2.37. The van der Waals surface area contributed by atoms with E-state index in [0.29, 0.717) is 11.3 Å². The average molecular weight is 307 g/mol. The molecule has 3 rings (SSSR count). The number of amides is 1. The van der Waals surface area contributed by atoms with E-state index < -0.39 is 0 Å². The number of nitrogens with one attached hydrogen (secondary N) is 1. The molecule has 0 unspecified atom stereocenters. The number of benzene rings is 2. The van der Waals surface area contributed by atoms with Crippen LogP contribution in [0.3, 0.4) is 0 Å². The highest BCUT2D eigenvalue weighted by atomic mass is 16.5. The van der Waals surface area contributed by atoms with Crippen molar-refractivity contribution < 1.29 is 9.53 Å². The summed E-state index contributed by atoms with van der Waals surface area (Å²) < 4.78 is 5.75. The van der Waals surface area contributed by atoms with Gasteiger partial charge in [0.1, 0.15) is 11.5 Å². The number of primary amides is 1. The normalized spacial score (nSPS) is 20.0. The van der Waals surface area contributed by atoms with Crippen molar-refractivity contribution in [2.75, 3.05) is 0 Å². The van der Waals surface area contributed by atoms with Crippen LogP contribution in [0.15, 0.2) is 48.5 Å². The van der Waals surface area contributed by atoms with Gasteiger partial charge in [-0.2, -0.15) is 5.26 Å². The minimum absolute atomic E-state index is 0.150. The minimum Gasteiger partial charge on any atom is -0.457 e. The Morgan fingerprint density at radius 2 is 1.70 bits per heavy atom. The molecule has 116 valence electrons. The summed E-state index contributed by atoms with van der Waals surface area (Å²) in [4.78, 5) is 11.2. The van der Waals surface area contributed by atoms with Gasteiger partial charge >= 0.3 is 0 Å². The first kappa shape index (κ1) is 15.1. The third-order valence-corrected chi connectivity index (χ3v) is 3.99. The van der Waals surface area contributed by atoms with Crippen LogP contribution < -0.4 is 15.8 Å². The Kier molecular flexibility index (Phi) is 4.26. The minimum atomic E-state index is -0.298. The monoisotopic (exact) mass is 307 g/mol. The van der Waals surface area contributed by atoms with E-state index in [9.17, 15) is 4.79 Å². The fraction of sp³-hybridized carbons (Fsp3) is 0.222. The van der Waals surface area contributed by atoms with Crippen LogP contribution in [0.2, 0.25) is 0 Å². The third-order valence-electron chi connectivity index (χ3n) is 3.99. The molecule has 1 saturated heterocycles. The van der Waals surface area contributed by atoms with Gasteiger partial charge in [-0.15, -0.1) is 0 Å². The summed E-state index contributed by atoms with van der Waals surface area (Å²) in [6.07, 6.45) is 1.66. The van der Waals surface area contributed by atoms with Gasteiger partial charge in [0.2, 0.25) is 5.91 Å². The number of nitrogens with two attached hydrogens (primary N) is 1. The first-order valence-electron chi connectivity index (χ1n) is 7.49. The van der Waals surface area contributed by atoms with E-state index in [2.05, 4.69) is 11.4 Å². The summed E-state index contributed by atoms with van der Waals surface area (Å²) in [6, 6.07) is 16.7. The van der Waals surface area contributed by atoms with Crippen molar-refractivity contribution in [1.82, 2.24) is 5.32 Å². The second kappa shape index (κ2) is 6.51. The molecule has 0 saturated carbocycles. The molecule has 1 aliphatic rings. The Bertz CT molecular complexity index is 732. The van der Waals surface area contributed by atoms with Gasteiger partial charge in [-0.05, 0) is 54.8 Å². The summed E-state index contributed by atoms with van der Waals surface area (Å²) in [6.45, 7) is 0. The lowest BCUT2D eigenvalue weighted by molar-refractivity contribution is -0.119. The Labute approximate surface area is 134 Å². The molecule has 1 amide bonds. The fourth-order valence-corrected chi connectivity index (χ4v) is 2.73. The highest BCUT2D eigenvalue weighted by Crippen LogP contribution is 2.29. The number of carbonyl (C=O) groups excluding carboxylic acids is 1. The largest absolute Gasteiger partial charge is 0.457 e. The molecule has 3 N–H and O–H groups in total. The van der Waals surface area contributed by atoms with Crippen LogP contribution in [-0.4, -0.2) is 11.9 Å². The fourth-order valence-electron chi connectivity index (χ4n) is 2.73. The average Bonchev–Trinajstić information content (AvgIpc) is 3.07. The molecule has 2 atom stereocenters. The maximum Gasteiger partial charge on any atom is 0.234 e. The molecule has 0 bridgehead atoms. The molecule has 0 spiro atoms. The van der Waals surface area contributed by atoms with Crippen molar-refractivity contribution in [2.45, 2.75) is 24.9 Å². The first-order valence-corrected chi connectivity index (χ1v) is 7.49. The zero-order chi connectivity index (χ0) is 16.2. The zero-order valence-corrected chi connectivity index (χ0v) is 12.5. The Morgan fingerprint density at radius 3 is 2.22 bits per heavy atom. The van der Waals surface area contributed by atoms with E-state index in [1.807, 2.05) is 24.3 Å². The maximum atomic E-state index is 11.2. The Morgan fingerprint density at radius 1 is 1.09 bits per heavy atom. The standard InChI is InChI=1S/C18H17N3O2/c19-11-12-1-5-14(6-2-12)23-15-7-3-13(4-8-15)16-9-10-17(21-16)18(20)22/h1-8,16-17,21H,9-10H2,(H2,20,22)/t16-,17+/m1/s1. The van der Waals surface area contributed by atoms with Crippen molar-refractivity contribution in [3.8, 4) is 17.6 Å². The quantitative estimate of drug-likeness (QED) is 0.909. The Balaban J connectivity index is 1.65. The molecule has 2 aromatic carbocycles. The van der Waals surface area contributed by atoms with Crippen LogP contribution in [0.25, 0.3) is 0 Å². The van der Waals surface area contributed by atoms with Crippen LogP contribution in [-0.2, 0) is 4.79 Å². The summed E-state index contributed by atoms with van der Waals surface area (Å²) in [5, 5.41) is 12.0. The second-order valence-corrected chi connectivity index (χ2v) is 5.56. The number of carbonyl (C=O) groups is 1. The van der Waals surface area contributed by atoms with Gasteiger partial charge in [0, 0.05) is 6.04 Å². The Hall–Kier alpha value is -2.84. The summed E-state index contributed by atoms with van der Waals surface area (Å²) in [5.74, 6) is 1.11. The van der Waals surface area contributed by atoms with Crippen LogP contribution in [0.1, 0.15) is 30.0 Å². The third kappa shape index (κ3) is 3.50. The van der Waals surface area contributed by atoms with Gasteiger partial charge in [-0.1, -0.05) is 12.1 Å². The number of nitrogens with zero attached hydrogens (tertiary/aromatic N) is 1. The second-order valence-electron chi connectivity index (χ2n) is 5.56. The molecular weight excluding hydrogens is 290 g/mol. The van der Waals surface area contributed by atoms with Crippen molar-refractivity contribution in [1.29, 1.82) is 5.26 Å². The van der Waals surface area contributed by atoms with Crippen LogP contribution in [0.4, 0.5) is 0 Å². The van der Waals surface area contributed by atoms with Crippen molar-refractivity contribution >= 4 is 5.91 Å². The van der Waals surface area contributed by atoms with E-state index in [1.165, 1.54) is 0 Å². The maximum absolute atomic E-state index is 11.2. The predicted octanol–water partition coefficient (Wildman–Crippen LogP) is 2.63. The zero-order valence-electron chi connectivity index (χ0n) is 12.5. The van der Waals surface area contributed by atoms with Crippen LogP contribution in [0, 0.1) is 11.3 Å². The molecule has 2 aromatic rings. The number of nitriles is 1. The molecule has 0 radical (unpaired) electrons. The molecule has 5 nitrogen and oxygen atoms in total. The van der Waals surface area contributed by atoms with Gasteiger partial charge in [0.15, 0.2) is 0 Å². The number of hydrogen-bond acceptors (Lipinski definition) is 4. The van der Waals surface area contributed by atoms with Gasteiger partial charge in [0.05, 0.1) is 17.7 Å². The van der Waals surface area contributed by atoms with Gasteiger partial charge in [-0.25, -0.2) is 0 Å². The first-order chi connectivity index (χ1) is 11.2. The van der Waals surface area contributed by atoms with Crippen molar-refractivity contribution in [3.05, 3.63) is 59.7 Å². The smallest absolute Gasteiger partial charge is 0.234 e. The van der Waals surface area contributed by atoms with Crippen LogP contribution in [0.5, 0.6) is 11.5 Å². The summed E-state index contributed by atoms with van der Waals surface area (Å²) in [7, 11) is 0. The summed E-state index contributed by atoms with van der Waals surface area (Å²) >= 11 is 0. The molecule has 1 aliphatic heterocycles. The highest BCUT2D eigenvalue weighted by Gasteiger charge is 2.28. The van der Waals surface area contributed by atoms with Crippen molar-refractivity contribution in [2.24, 2.45) is 5.73 Å². The highest BCUT2D eigenvalue weighted by molar-refractivity contribution is 5.80. The van der Waals surface area contributed by atoms with E-state index in [-0.39, 0.29) is 18.0 Å². The number of hydrogen-bond donors (Lipinski definition) is 2. The molecule has 5 heteroatoms. The van der Waals surface area contributed by atoms with E-state index >= 15 is 0 Å². The summed E-state index contributed by atoms with van der Waals surface area (Å²) in [5.41, 5.74) is 7.04. The van der Waals surface area contributed by atoms with E-state index in [0.717, 1.165) is 24.2 Å². The number of ether oxygens (including phenoxy) is 1. The molecular formula is C18H17N3O2. The molecule has 0 aliphatic carbocycles. The lowest BCUT2D eigenvalue weighted by Gasteiger charge is -2.13. The number of rotatable bonds is 4. The molecule has 1 heterocycles. The van der Waals surface area contributed by atoms with Crippen LogP contribution >= 0.6 is 0 Å². The lowest BCUT2D eigenvalue weighted by atomic mass is 10.1. The molecule has 0 aromatic heterocycles. The SMILES string of the molecule is N#Cc1ccc(Oc2ccc([C@H]3CC[C@@H](C(N)=O)N3)cc2)cc1. The van der Waals surface area contributed by atoms with E-state index in [1.54, 1.807) is 24.3 Å². The van der Waals surface area contributed by atoms with Crippen molar-refractivity contribution in [3.63, 3.8) is 0 Å².